The fraction of sp³-hybridized carbons (Fsp3) is 0.409. The van der Waals surface area contributed by atoms with E-state index in [-0.39, 0.29) is 18.3 Å². The maximum atomic E-state index is 12.1. The highest BCUT2D eigenvalue weighted by molar-refractivity contribution is 5.94. The van der Waals surface area contributed by atoms with Gasteiger partial charge in [0.1, 0.15) is 0 Å². The van der Waals surface area contributed by atoms with Gasteiger partial charge in [-0.3, -0.25) is 9.69 Å². The maximum Gasteiger partial charge on any atom is 0.251 e. The molecule has 0 spiro atoms. The zero-order chi connectivity index (χ0) is 18.9. The van der Waals surface area contributed by atoms with E-state index >= 15 is 0 Å². The van der Waals surface area contributed by atoms with Crippen LogP contribution in [-0.2, 0) is 6.54 Å². The third-order valence-corrected chi connectivity index (χ3v) is 5.13. The first-order chi connectivity index (χ1) is 13.3. The van der Waals surface area contributed by atoms with Crippen LogP contribution >= 0.6 is 12.4 Å². The maximum absolute atomic E-state index is 12.1. The first-order valence-corrected chi connectivity index (χ1v) is 9.86. The number of hydrogen-bond acceptors (Lipinski definition) is 4. The molecule has 3 rings (SSSR count). The van der Waals surface area contributed by atoms with Crippen LogP contribution in [0.2, 0.25) is 0 Å². The van der Waals surface area contributed by atoms with Crippen molar-refractivity contribution in [3.05, 3.63) is 65.7 Å². The number of unbranched alkanes of at least 4 members (excludes halogenated alkanes) is 1. The van der Waals surface area contributed by atoms with E-state index in [2.05, 4.69) is 45.4 Å². The Balaban J connectivity index is 0.00000280. The van der Waals surface area contributed by atoms with E-state index < -0.39 is 0 Å². The Hall–Kier alpha value is -2.08. The van der Waals surface area contributed by atoms with Gasteiger partial charge in [-0.1, -0.05) is 30.3 Å². The number of halogens is 1. The summed E-state index contributed by atoms with van der Waals surface area (Å²) >= 11 is 0. The van der Waals surface area contributed by atoms with Gasteiger partial charge in [-0.15, -0.1) is 12.4 Å². The molecule has 0 aromatic heterocycles. The first-order valence-electron chi connectivity index (χ1n) is 9.86. The fourth-order valence-corrected chi connectivity index (χ4v) is 3.43. The van der Waals surface area contributed by atoms with E-state index in [1.54, 1.807) is 0 Å². The van der Waals surface area contributed by atoms with Crippen molar-refractivity contribution in [2.24, 2.45) is 5.73 Å². The van der Waals surface area contributed by atoms with Gasteiger partial charge in [-0.05, 0) is 49.2 Å². The molecule has 0 bridgehead atoms. The predicted molar refractivity (Wildman–Crippen MR) is 118 cm³/mol. The van der Waals surface area contributed by atoms with Crippen LogP contribution in [0.25, 0.3) is 0 Å². The summed E-state index contributed by atoms with van der Waals surface area (Å²) in [4.78, 5) is 17.1. The highest BCUT2D eigenvalue weighted by atomic mass is 35.5. The second-order valence-electron chi connectivity index (χ2n) is 7.03. The molecule has 1 amide bonds. The zero-order valence-corrected chi connectivity index (χ0v) is 17.2. The second-order valence-corrected chi connectivity index (χ2v) is 7.03. The normalized spacial score (nSPS) is 14.4. The Labute approximate surface area is 174 Å². The molecule has 152 valence electrons. The molecule has 3 N–H and O–H groups in total. The minimum absolute atomic E-state index is 0. The lowest BCUT2D eigenvalue weighted by atomic mass is 10.1. The summed E-state index contributed by atoms with van der Waals surface area (Å²) in [6, 6.07) is 18.1. The molecule has 0 radical (unpaired) electrons. The lowest BCUT2D eigenvalue weighted by Gasteiger charge is -2.36. The Kier molecular flexibility index (Phi) is 9.28. The van der Waals surface area contributed by atoms with Gasteiger partial charge in [0, 0.05) is 50.5 Å². The average Bonchev–Trinajstić information content (AvgIpc) is 2.74. The topological polar surface area (TPSA) is 61.6 Å². The molecule has 6 heteroatoms. The molecule has 1 heterocycles. The monoisotopic (exact) mass is 402 g/mol. The highest BCUT2D eigenvalue weighted by Crippen LogP contribution is 2.15. The van der Waals surface area contributed by atoms with Crippen LogP contribution in [0, 0.1) is 0 Å². The summed E-state index contributed by atoms with van der Waals surface area (Å²) in [5, 5.41) is 3.01. The molecular formula is C22H31ClN4O. The Morgan fingerprint density at radius 1 is 0.929 bits per heavy atom. The van der Waals surface area contributed by atoms with Crippen molar-refractivity contribution in [3.63, 3.8) is 0 Å². The van der Waals surface area contributed by atoms with Crippen molar-refractivity contribution < 1.29 is 4.79 Å². The minimum atomic E-state index is -0.00459. The molecule has 1 fully saturated rings. The molecule has 0 unspecified atom stereocenters. The Bertz CT molecular complexity index is 700. The van der Waals surface area contributed by atoms with E-state index in [0.29, 0.717) is 12.1 Å². The van der Waals surface area contributed by atoms with Gasteiger partial charge >= 0.3 is 0 Å². The van der Waals surface area contributed by atoms with Crippen molar-refractivity contribution in [1.82, 2.24) is 10.2 Å². The van der Waals surface area contributed by atoms with Crippen LogP contribution in [0.3, 0.4) is 0 Å². The number of benzene rings is 2. The minimum Gasteiger partial charge on any atom is -0.369 e. The van der Waals surface area contributed by atoms with E-state index in [1.165, 1.54) is 5.69 Å². The summed E-state index contributed by atoms with van der Waals surface area (Å²) in [5.41, 5.74) is 8.64. The molecule has 1 saturated heterocycles. The number of amides is 1. The van der Waals surface area contributed by atoms with Crippen LogP contribution in [0.15, 0.2) is 54.6 Å². The molecule has 2 aromatic carbocycles. The number of hydrogen-bond donors (Lipinski definition) is 2. The smallest absolute Gasteiger partial charge is 0.251 e. The van der Waals surface area contributed by atoms with Crippen molar-refractivity contribution in [3.8, 4) is 0 Å². The molecular weight excluding hydrogens is 372 g/mol. The lowest BCUT2D eigenvalue weighted by molar-refractivity contribution is 0.0952. The number of anilines is 1. The zero-order valence-electron chi connectivity index (χ0n) is 16.3. The van der Waals surface area contributed by atoms with Crippen molar-refractivity contribution >= 4 is 24.0 Å². The molecule has 0 saturated carbocycles. The standard InChI is InChI=1S/C22H30N4O.ClH/c23-18-19-8-10-20(11-9-19)22(27)24-12-4-5-13-25-14-16-26(17-15-25)21-6-2-1-3-7-21;/h1-3,6-11H,4-5,12-18,23H2,(H,24,27);1H. The second kappa shape index (κ2) is 11.7. The number of rotatable bonds is 8. The van der Waals surface area contributed by atoms with Crippen LogP contribution in [0.1, 0.15) is 28.8 Å². The molecule has 5 nitrogen and oxygen atoms in total. The van der Waals surface area contributed by atoms with E-state index in [0.717, 1.165) is 57.7 Å². The molecule has 1 aliphatic heterocycles. The Morgan fingerprint density at radius 3 is 2.25 bits per heavy atom. The van der Waals surface area contributed by atoms with E-state index in [4.69, 9.17) is 5.73 Å². The average molecular weight is 403 g/mol. The summed E-state index contributed by atoms with van der Waals surface area (Å²) in [7, 11) is 0. The summed E-state index contributed by atoms with van der Waals surface area (Å²) in [6.45, 7) is 6.70. The number of carbonyl (C=O) groups excluding carboxylic acids is 1. The van der Waals surface area contributed by atoms with Gasteiger partial charge in [0.2, 0.25) is 0 Å². The van der Waals surface area contributed by atoms with Gasteiger partial charge < -0.3 is 16.0 Å². The quantitative estimate of drug-likeness (QED) is 0.666. The Morgan fingerprint density at radius 2 is 1.61 bits per heavy atom. The number of nitrogens with two attached hydrogens (primary N) is 1. The number of para-hydroxylation sites is 1. The van der Waals surface area contributed by atoms with Crippen LogP contribution in [0.5, 0.6) is 0 Å². The largest absolute Gasteiger partial charge is 0.369 e. The van der Waals surface area contributed by atoms with E-state index in [9.17, 15) is 4.79 Å². The molecule has 1 aliphatic rings. The summed E-state index contributed by atoms with van der Waals surface area (Å²) in [5.74, 6) is -0.00459. The van der Waals surface area contributed by atoms with E-state index in [1.807, 2.05) is 24.3 Å². The third-order valence-electron chi connectivity index (χ3n) is 5.13. The molecule has 28 heavy (non-hydrogen) atoms. The van der Waals surface area contributed by atoms with Gasteiger partial charge in [0.25, 0.3) is 5.91 Å². The molecule has 2 aromatic rings. The fourth-order valence-electron chi connectivity index (χ4n) is 3.43. The lowest BCUT2D eigenvalue weighted by Crippen LogP contribution is -2.46. The van der Waals surface area contributed by atoms with Crippen LogP contribution in [-0.4, -0.2) is 50.1 Å². The summed E-state index contributed by atoms with van der Waals surface area (Å²) < 4.78 is 0. The molecule has 0 aliphatic carbocycles. The van der Waals surface area contributed by atoms with Crippen LogP contribution in [0.4, 0.5) is 5.69 Å². The highest BCUT2D eigenvalue weighted by Gasteiger charge is 2.16. The van der Waals surface area contributed by atoms with Gasteiger partial charge in [0.15, 0.2) is 0 Å². The van der Waals surface area contributed by atoms with Gasteiger partial charge in [0.05, 0.1) is 0 Å². The number of nitrogens with zero attached hydrogens (tertiary/aromatic N) is 2. The van der Waals surface area contributed by atoms with Gasteiger partial charge in [-0.2, -0.15) is 0 Å². The third kappa shape index (κ3) is 6.51. The van der Waals surface area contributed by atoms with Crippen molar-refractivity contribution in [1.29, 1.82) is 0 Å². The van der Waals surface area contributed by atoms with Crippen molar-refractivity contribution in [2.45, 2.75) is 19.4 Å². The predicted octanol–water partition coefficient (Wildman–Crippen LogP) is 2.90. The number of nitrogens with one attached hydrogen (secondary N) is 1. The number of carbonyl (C=O) groups is 1. The summed E-state index contributed by atoms with van der Waals surface area (Å²) in [6.07, 6.45) is 2.11. The SMILES string of the molecule is Cl.NCc1ccc(C(=O)NCCCCN2CCN(c3ccccc3)CC2)cc1. The molecule has 0 atom stereocenters. The van der Waals surface area contributed by atoms with Crippen LogP contribution < -0.4 is 16.0 Å². The number of piperazine rings is 1. The van der Waals surface area contributed by atoms with Crippen molar-refractivity contribution in [2.75, 3.05) is 44.2 Å². The van der Waals surface area contributed by atoms with Gasteiger partial charge in [-0.25, -0.2) is 0 Å². The first kappa shape index (κ1) is 22.2.